The van der Waals surface area contributed by atoms with Crippen molar-refractivity contribution in [3.05, 3.63) is 47.8 Å². The third-order valence-electron chi connectivity index (χ3n) is 4.20. The van der Waals surface area contributed by atoms with Crippen LogP contribution in [0.25, 0.3) is 0 Å². The molecular weight excluding hydrogens is 304 g/mol. The minimum absolute atomic E-state index is 0.315. The van der Waals surface area contributed by atoms with E-state index in [-0.39, 0.29) is 5.97 Å². The minimum Gasteiger partial charge on any atom is -0.465 e. The van der Waals surface area contributed by atoms with Crippen molar-refractivity contribution in [1.29, 1.82) is 0 Å². The molecular formula is C18H22N4O2. The predicted octanol–water partition coefficient (Wildman–Crippen LogP) is 2.65. The first-order valence-electron chi connectivity index (χ1n) is 8.14. The maximum absolute atomic E-state index is 11.6. The third kappa shape index (κ3) is 3.82. The molecule has 1 N–H and O–H groups in total. The van der Waals surface area contributed by atoms with Gasteiger partial charge in [-0.1, -0.05) is 6.07 Å². The van der Waals surface area contributed by atoms with Crippen LogP contribution in [0.15, 0.2) is 36.7 Å². The van der Waals surface area contributed by atoms with Crippen LogP contribution in [0.3, 0.4) is 0 Å². The van der Waals surface area contributed by atoms with Crippen molar-refractivity contribution in [2.75, 3.05) is 30.4 Å². The standard InChI is InChI=1S/C18H22N4O2/c1-13-11-19-18(20-12-13)22-8-6-15(7-9-22)21-16-5-3-4-14(10-16)17(23)24-2/h3-5,10-12,15,21H,6-9H2,1-2H3. The van der Waals surface area contributed by atoms with Gasteiger partial charge in [-0.2, -0.15) is 0 Å². The van der Waals surface area contributed by atoms with Crippen LogP contribution in [-0.2, 0) is 4.74 Å². The van der Waals surface area contributed by atoms with Gasteiger partial charge in [0.25, 0.3) is 0 Å². The van der Waals surface area contributed by atoms with Gasteiger partial charge < -0.3 is 15.0 Å². The number of benzene rings is 1. The highest BCUT2D eigenvalue weighted by Crippen LogP contribution is 2.20. The summed E-state index contributed by atoms with van der Waals surface area (Å²) in [6.45, 7) is 3.82. The number of piperidine rings is 1. The summed E-state index contributed by atoms with van der Waals surface area (Å²) in [6, 6.07) is 7.81. The van der Waals surface area contributed by atoms with Gasteiger partial charge in [0.15, 0.2) is 0 Å². The van der Waals surface area contributed by atoms with Crippen LogP contribution in [-0.4, -0.2) is 42.2 Å². The number of rotatable bonds is 4. The largest absolute Gasteiger partial charge is 0.465 e. The zero-order valence-electron chi connectivity index (χ0n) is 14.0. The molecule has 0 amide bonds. The molecule has 1 fully saturated rings. The zero-order valence-corrected chi connectivity index (χ0v) is 14.0. The molecule has 1 saturated heterocycles. The minimum atomic E-state index is -0.315. The molecule has 1 aliphatic heterocycles. The number of esters is 1. The molecule has 1 aromatic heterocycles. The predicted molar refractivity (Wildman–Crippen MR) is 93.4 cm³/mol. The van der Waals surface area contributed by atoms with E-state index in [2.05, 4.69) is 20.2 Å². The summed E-state index contributed by atoms with van der Waals surface area (Å²) in [6.07, 6.45) is 5.70. The number of carbonyl (C=O) groups excluding carboxylic acids is 1. The van der Waals surface area contributed by atoms with Gasteiger partial charge in [-0.05, 0) is 43.5 Å². The van der Waals surface area contributed by atoms with E-state index in [0.717, 1.165) is 43.1 Å². The molecule has 0 unspecified atom stereocenters. The Labute approximate surface area is 141 Å². The SMILES string of the molecule is COC(=O)c1cccc(NC2CCN(c3ncc(C)cn3)CC2)c1. The van der Waals surface area contributed by atoms with Crippen molar-refractivity contribution in [2.24, 2.45) is 0 Å². The van der Waals surface area contributed by atoms with Crippen molar-refractivity contribution in [3.8, 4) is 0 Å². The van der Waals surface area contributed by atoms with Crippen molar-refractivity contribution in [2.45, 2.75) is 25.8 Å². The lowest BCUT2D eigenvalue weighted by Gasteiger charge is -2.32. The Hall–Kier alpha value is -2.63. The molecule has 0 aliphatic carbocycles. The second-order valence-electron chi connectivity index (χ2n) is 6.04. The smallest absolute Gasteiger partial charge is 0.337 e. The van der Waals surface area contributed by atoms with E-state index in [9.17, 15) is 4.79 Å². The van der Waals surface area contributed by atoms with Crippen molar-refractivity contribution in [1.82, 2.24) is 9.97 Å². The first-order valence-corrected chi connectivity index (χ1v) is 8.14. The Morgan fingerprint density at radius 2 is 1.96 bits per heavy atom. The maximum atomic E-state index is 11.6. The summed E-state index contributed by atoms with van der Waals surface area (Å²) in [5.74, 6) is 0.483. The number of aromatic nitrogens is 2. The maximum Gasteiger partial charge on any atom is 0.337 e. The molecule has 3 rings (SSSR count). The van der Waals surface area contributed by atoms with Gasteiger partial charge in [0, 0.05) is 37.2 Å². The lowest BCUT2D eigenvalue weighted by Crippen LogP contribution is -2.40. The number of carbonyl (C=O) groups is 1. The molecule has 6 nitrogen and oxygen atoms in total. The summed E-state index contributed by atoms with van der Waals surface area (Å²) in [4.78, 5) is 22.6. The molecule has 6 heteroatoms. The topological polar surface area (TPSA) is 67.3 Å². The number of nitrogens with one attached hydrogen (secondary N) is 1. The molecule has 126 valence electrons. The molecule has 0 bridgehead atoms. The summed E-state index contributed by atoms with van der Waals surface area (Å²) in [7, 11) is 1.39. The number of aryl methyl sites for hydroxylation is 1. The summed E-state index contributed by atoms with van der Waals surface area (Å²) >= 11 is 0. The van der Waals surface area contributed by atoms with Gasteiger partial charge in [-0.15, -0.1) is 0 Å². The van der Waals surface area contributed by atoms with Gasteiger partial charge >= 0.3 is 5.97 Å². The Morgan fingerprint density at radius 3 is 2.62 bits per heavy atom. The van der Waals surface area contributed by atoms with E-state index < -0.39 is 0 Å². The molecule has 0 saturated carbocycles. The highest BCUT2D eigenvalue weighted by molar-refractivity contribution is 5.90. The molecule has 24 heavy (non-hydrogen) atoms. The van der Waals surface area contributed by atoms with Crippen LogP contribution in [0.2, 0.25) is 0 Å². The first-order chi connectivity index (χ1) is 11.7. The fourth-order valence-corrected chi connectivity index (χ4v) is 2.86. The number of nitrogens with zero attached hydrogens (tertiary/aromatic N) is 3. The fraction of sp³-hybridized carbons (Fsp3) is 0.389. The normalized spacial score (nSPS) is 15.2. The summed E-state index contributed by atoms with van der Waals surface area (Å²) < 4.78 is 4.77. The first kappa shape index (κ1) is 16.2. The Bertz CT molecular complexity index is 694. The Morgan fingerprint density at radius 1 is 1.25 bits per heavy atom. The molecule has 1 aliphatic rings. The van der Waals surface area contributed by atoms with Gasteiger partial charge in [-0.3, -0.25) is 0 Å². The Balaban J connectivity index is 1.57. The Kier molecular flexibility index (Phi) is 4.93. The number of hydrogen-bond donors (Lipinski definition) is 1. The van der Waals surface area contributed by atoms with Crippen LogP contribution in [0.5, 0.6) is 0 Å². The monoisotopic (exact) mass is 326 g/mol. The van der Waals surface area contributed by atoms with E-state index in [0.29, 0.717) is 11.6 Å². The second-order valence-corrected chi connectivity index (χ2v) is 6.04. The van der Waals surface area contributed by atoms with E-state index in [1.165, 1.54) is 7.11 Å². The molecule has 0 atom stereocenters. The lowest BCUT2D eigenvalue weighted by atomic mass is 10.0. The number of anilines is 2. The number of ether oxygens (including phenoxy) is 1. The van der Waals surface area contributed by atoms with Gasteiger partial charge in [0.2, 0.25) is 5.95 Å². The molecule has 1 aromatic carbocycles. The van der Waals surface area contributed by atoms with Crippen LogP contribution in [0, 0.1) is 6.92 Å². The van der Waals surface area contributed by atoms with E-state index in [1.807, 2.05) is 37.5 Å². The third-order valence-corrected chi connectivity index (χ3v) is 4.20. The molecule has 0 spiro atoms. The van der Waals surface area contributed by atoms with Crippen molar-refractivity contribution < 1.29 is 9.53 Å². The molecule has 2 aromatic rings. The highest BCUT2D eigenvalue weighted by Gasteiger charge is 2.21. The van der Waals surface area contributed by atoms with Crippen LogP contribution in [0.4, 0.5) is 11.6 Å². The van der Waals surface area contributed by atoms with Crippen molar-refractivity contribution >= 4 is 17.6 Å². The zero-order chi connectivity index (χ0) is 16.9. The van der Waals surface area contributed by atoms with Gasteiger partial charge in [0.05, 0.1) is 12.7 Å². The second kappa shape index (κ2) is 7.29. The van der Waals surface area contributed by atoms with Gasteiger partial charge in [0.1, 0.15) is 0 Å². The fourth-order valence-electron chi connectivity index (χ4n) is 2.86. The molecule has 2 heterocycles. The van der Waals surface area contributed by atoms with E-state index >= 15 is 0 Å². The number of methoxy groups -OCH3 is 1. The van der Waals surface area contributed by atoms with Crippen LogP contribution < -0.4 is 10.2 Å². The van der Waals surface area contributed by atoms with Crippen LogP contribution >= 0.6 is 0 Å². The van der Waals surface area contributed by atoms with Crippen molar-refractivity contribution in [3.63, 3.8) is 0 Å². The highest BCUT2D eigenvalue weighted by atomic mass is 16.5. The quantitative estimate of drug-likeness (QED) is 0.871. The van der Waals surface area contributed by atoms with Crippen LogP contribution in [0.1, 0.15) is 28.8 Å². The summed E-state index contributed by atoms with van der Waals surface area (Å²) in [5.41, 5.74) is 2.58. The summed E-state index contributed by atoms with van der Waals surface area (Å²) in [5, 5.41) is 3.51. The van der Waals surface area contributed by atoms with Gasteiger partial charge in [-0.25, -0.2) is 14.8 Å². The lowest BCUT2D eigenvalue weighted by molar-refractivity contribution is 0.0601. The average Bonchev–Trinajstić information content (AvgIpc) is 2.63. The molecule has 0 radical (unpaired) electrons. The van der Waals surface area contributed by atoms with E-state index in [1.54, 1.807) is 6.07 Å². The average molecular weight is 326 g/mol. The van der Waals surface area contributed by atoms with E-state index in [4.69, 9.17) is 4.74 Å². The number of hydrogen-bond acceptors (Lipinski definition) is 6.